The highest BCUT2D eigenvalue weighted by Crippen LogP contribution is 2.21. The van der Waals surface area contributed by atoms with E-state index >= 15 is 0 Å². The van der Waals surface area contributed by atoms with Gasteiger partial charge in [0.1, 0.15) is 0 Å². The van der Waals surface area contributed by atoms with E-state index in [4.69, 9.17) is 0 Å². The normalized spacial score (nSPS) is 20.5. The Balaban J connectivity index is 1.63. The molecule has 3 rings (SSSR count). The summed E-state index contributed by atoms with van der Waals surface area (Å²) in [5.74, 6) is 0.0446. The van der Waals surface area contributed by atoms with E-state index in [2.05, 4.69) is 0 Å². The topological polar surface area (TPSA) is 57.7 Å². The predicted octanol–water partition coefficient (Wildman–Crippen LogP) is 4.06. The molecule has 2 fully saturated rings. The van der Waals surface area contributed by atoms with E-state index in [1.165, 1.54) is 19.3 Å². The third-order valence-corrected chi connectivity index (χ3v) is 7.58. The summed E-state index contributed by atoms with van der Waals surface area (Å²) in [6.45, 7) is 2.87. The van der Waals surface area contributed by atoms with Gasteiger partial charge in [0, 0.05) is 32.3 Å². The van der Waals surface area contributed by atoms with Gasteiger partial charge in [-0.05, 0) is 49.5 Å². The van der Waals surface area contributed by atoms with Gasteiger partial charge in [0.2, 0.25) is 15.9 Å². The first kappa shape index (κ1) is 21.1. The predicted molar refractivity (Wildman–Crippen MR) is 112 cm³/mol. The van der Waals surface area contributed by atoms with Crippen molar-refractivity contribution in [3.63, 3.8) is 0 Å². The Morgan fingerprint density at radius 1 is 0.750 bits per heavy atom. The zero-order valence-corrected chi connectivity index (χ0v) is 17.5. The Labute approximate surface area is 169 Å². The molecule has 0 radical (unpaired) electrons. The molecule has 28 heavy (non-hydrogen) atoms. The lowest BCUT2D eigenvalue weighted by atomic mass is 10.1. The Kier molecular flexibility index (Phi) is 7.68. The molecular formula is C22H32N2O3S. The lowest BCUT2D eigenvalue weighted by Gasteiger charge is -2.23. The summed E-state index contributed by atoms with van der Waals surface area (Å²) in [6, 6.07) is 6.87. The van der Waals surface area contributed by atoms with Crippen molar-refractivity contribution in [1.29, 1.82) is 0 Å². The van der Waals surface area contributed by atoms with Crippen molar-refractivity contribution in [3.8, 4) is 0 Å². The quantitative estimate of drug-likeness (QED) is 0.711. The third-order valence-electron chi connectivity index (χ3n) is 5.67. The average molecular weight is 405 g/mol. The van der Waals surface area contributed by atoms with Crippen LogP contribution in [0.15, 0.2) is 35.2 Å². The third kappa shape index (κ3) is 5.67. The molecular weight excluding hydrogens is 372 g/mol. The minimum atomic E-state index is -3.42. The van der Waals surface area contributed by atoms with Gasteiger partial charge >= 0.3 is 0 Å². The van der Waals surface area contributed by atoms with Gasteiger partial charge in [0.25, 0.3) is 0 Å². The van der Waals surface area contributed by atoms with Crippen LogP contribution in [0.5, 0.6) is 0 Å². The van der Waals surface area contributed by atoms with Gasteiger partial charge in [-0.15, -0.1) is 0 Å². The molecule has 0 saturated carbocycles. The number of benzene rings is 1. The van der Waals surface area contributed by atoms with Crippen LogP contribution in [0.25, 0.3) is 6.08 Å². The fourth-order valence-corrected chi connectivity index (χ4v) is 5.44. The smallest absolute Gasteiger partial charge is 0.246 e. The molecule has 0 unspecified atom stereocenters. The maximum Gasteiger partial charge on any atom is 0.246 e. The number of hydrogen-bond acceptors (Lipinski definition) is 3. The monoisotopic (exact) mass is 404 g/mol. The molecule has 154 valence electrons. The molecule has 2 heterocycles. The van der Waals surface area contributed by atoms with Crippen LogP contribution in [0.3, 0.4) is 0 Å². The van der Waals surface area contributed by atoms with Crippen LogP contribution in [0.1, 0.15) is 63.4 Å². The van der Waals surface area contributed by atoms with Crippen molar-refractivity contribution in [2.45, 2.75) is 62.7 Å². The summed E-state index contributed by atoms with van der Waals surface area (Å²) in [7, 11) is -3.42. The Morgan fingerprint density at radius 3 is 1.82 bits per heavy atom. The first-order valence-corrected chi connectivity index (χ1v) is 12.1. The first-order chi connectivity index (χ1) is 13.6. The molecule has 0 N–H and O–H groups in total. The standard InChI is InChI=1S/C22H32N2O3S/c25-22(23-16-6-2-1-3-7-17-23)15-12-20-10-13-21(14-11-20)28(26,27)24-18-8-4-5-9-19-24/h10-15H,1-9,16-19H2/b15-12+. The molecule has 5 nitrogen and oxygen atoms in total. The SMILES string of the molecule is O=C(/C=C/c1ccc(S(=O)(=O)N2CCCCCC2)cc1)N1CCCCCCC1. The van der Waals surface area contributed by atoms with Gasteiger partial charge in [0.15, 0.2) is 0 Å². The number of carbonyl (C=O) groups excluding carboxylic acids is 1. The second-order valence-electron chi connectivity index (χ2n) is 7.81. The highest BCUT2D eigenvalue weighted by Gasteiger charge is 2.24. The van der Waals surface area contributed by atoms with Crippen molar-refractivity contribution < 1.29 is 13.2 Å². The number of hydrogen-bond donors (Lipinski definition) is 0. The summed E-state index contributed by atoms with van der Waals surface area (Å²) in [4.78, 5) is 14.7. The van der Waals surface area contributed by atoms with Crippen molar-refractivity contribution in [2.75, 3.05) is 26.2 Å². The molecule has 0 bridgehead atoms. The zero-order chi connectivity index (χ0) is 19.8. The van der Waals surface area contributed by atoms with Gasteiger partial charge in [-0.2, -0.15) is 4.31 Å². The van der Waals surface area contributed by atoms with Crippen LogP contribution in [-0.4, -0.2) is 49.7 Å². The molecule has 6 heteroatoms. The van der Waals surface area contributed by atoms with Crippen LogP contribution in [-0.2, 0) is 14.8 Å². The van der Waals surface area contributed by atoms with Crippen molar-refractivity contribution in [2.24, 2.45) is 0 Å². The second-order valence-corrected chi connectivity index (χ2v) is 9.75. The number of sulfonamides is 1. The average Bonchev–Trinajstić information content (AvgIpc) is 2.96. The molecule has 0 aliphatic carbocycles. The summed E-state index contributed by atoms with van der Waals surface area (Å²) in [5, 5.41) is 0. The number of carbonyl (C=O) groups is 1. The molecule has 1 aromatic rings. The summed E-state index contributed by atoms with van der Waals surface area (Å²) in [6.07, 6.45) is 13.2. The van der Waals surface area contributed by atoms with Gasteiger partial charge in [-0.25, -0.2) is 8.42 Å². The zero-order valence-electron chi connectivity index (χ0n) is 16.7. The minimum absolute atomic E-state index is 0.0446. The van der Waals surface area contributed by atoms with E-state index in [1.807, 2.05) is 4.90 Å². The highest BCUT2D eigenvalue weighted by atomic mass is 32.2. The van der Waals surface area contributed by atoms with E-state index in [9.17, 15) is 13.2 Å². The van der Waals surface area contributed by atoms with Gasteiger partial charge < -0.3 is 4.90 Å². The largest absolute Gasteiger partial charge is 0.339 e. The van der Waals surface area contributed by atoms with E-state index < -0.39 is 10.0 Å². The second kappa shape index (κ2) is 10.2. The molecule has 1 aromatic carbocycles. The van der Waals surface area contributed by atoms with E-state index in [-0.39, 0.29) is 5.91 Å². The number of amides is 1. The van der Waals surface area contributed by atoms with E-state index in [0.717, 1.165) is 57.2 Å². The molecule has 0 spiro atoms. The summed E-state index contributed by atoms with van der Waals surface area (Å²) in [5.41, 5.74) is 0.843. The fourth-order valence-electron chi connectivity index (χ4n) is 3.92. The molecule has 1 amide bonds. The van der Waals surface area contributed by atoms with Crippen LogP contribution < -0.4 is 0 Å². The maximum absolute atomic E-state index is 12.8. The van der Waals surface area contributed by atoms with E-state index in [0.29, 0.717) is 18.0 Å². The number of rotatable bonds is 4. The Bertz CT molecular complexity index is 755. The Morgan fingerprint density at radius 2 is 1.25 bits per heavy atom. The van der Waals surface area contributed by atoms with E-state index in [1.54, 1.807) is 40.7 Å². The lowest BCUT2D eigenvalue weighted by molar-refractivity contribution is -0.126. The fraction of sp³-hybridized carbons (Fsp3) is 0.591. The molecule has 2 aliphatic rings. The molecule has 0 atom stereocenters. The molecule has 2 aliphatic heterocycles. The van der Waals surface area contributed by atoms with Crippen LogP contribution in [0.2, 0.25) is 0 Å². The van der Waals surface area contributed by atoms with Gasteiger partial charge in [-0.1, -0.05) is 44.2 Å². The highest BCUT2D eigenvalue weighted by molar-refractivity contribution is 7.89. The van der Waals surface area contributed by atoms with Crippen molar-refractivity contribution >= 4 is 22.0 Å². The Hall–Kier alpha value is -1.66. The van der Waals surface area contributed by atoms with Crippen molar-refractivity contribution in [1.82, 2.24) is 9.21 Å². The first-order valence-electron chi connectivity index (χ1n) is 10.6. The minimum Gasteiger partial charge on any atom is -0.339 e. The van der Waals surface area contributed by atoms with Gasteiger partial charge in [-0.3, -0.25) is 4.79 Å². The molecule has 0 aromatic heterocycles. The summed E-state index contributed by atoms with van der Waals surface area (Å²) < 4.78 is 27.3. The number of nitrogens with zero attached hydrogens (tertiary/aromatic N) is 2. The van der Waals surface area contributed by atoms with Crippen LogP contribution in [0, 0.1) is 0 Å². The summed E-state index contributed by atoms with van der Waals surface area (Å²) >= 11 is 0. The van der Waals surface area contributed by atoms with Crippen molar-refractivity contribution in [3.05, 3.63) is 35.9 Å². The van der Waals surface area contributed by atoms with Crippen LogP contribution >= 0.6 is 0 Å². The molecule has 2 saturated heterocycles. The van der Waals surface area contributed by atoms with Gasteiger partial charge in [0.05, 0.1) is 4.90 Å². The maximum atomic E-state index is 12.8. The lowest BCUT2D eigenvalue weighted by Crippen LogP contribution is -2.32. The van der Waals surface area contributed by atoms with Crippen LogP contribution in [0.4, 0.5) is 0 Å². The number of likely N-dealkylation sites (tertiary alicyclic amines) is 1.